The standard InChI is InChI=1S/C11H16N2O2/c12-7-9(13)8-2-3-10-11(6-8)15-5-1-4-14-10/h2-3,6,9H,1,4-5,7,12-13H2. The summed E-state index contributed by atoms with van der Waals surface area (Å²) in [5, 5.41) is 0. The maximum atomic E-state index is 5.85. The van der Waals surface area contributed by atoms with Gasteiger partial charge in [0.05, 0.1) is 13.2 Å². The van der Waals surface area contributed by atoms with Crippen molar-refractivity contribution in [3.63, 3.8) is 0 Å². The zero-order valence-electron chi connectivity index (χ0n) is 8.61. The molecule has 0 saturated carbocycles. The van der Waals surface area contributed by atoms with Crippen molar-refractivity contribution in [3.05, 3.63) is 23.8 Å². The first-order valence-corrected chi connectivity index (χ1v) is 5.16. The molecule has 4 heteroatoms. The summed E-state index contributed by atoms with van der Waals surface area (Å²) in [7, 11) is 0. The average molecular weight is 208 g/mol. The molecule has 1 unspecified atom stereocenters. The Morgan fingerprint density at radius 1 is 1.20 bits per heavy atom. The van der Waals surface area contributed by atoms with Crippen LogP contribution in [0.5, 0.6) is 11.5 Å². The Morgan fingerprint density at radius 3 is 2.67 bits per heavy atom. The molecule has 0 spiro atoms. The number of hydrogen-bond acceptors (Lipinski definition) is 4. The third-order valence-corrected chi connectivity index (χ3v) is 2.45. The molecule has 4 nitrogen and oxygen atoms in total. The first-order chi connectivity index (χ1) is 7.31. The molecule has 82 valence electrons. The van der Waals surface area contributed by atoms with Crippen molar-refractivity contribution in [2.45, 2.75) is 12.5 Å². The zero-order chi connectivity index (χ0) is 10.7. The van der Waals surface area contributed by atoms with Crippen molar-refractivity contribution in [2.75, 3.05) is 19.8 Å². The lowest BCUT2D eigenvalue weighted by Crippen LogP contribution is -2.20. The van der Waals surface area contributed by atoms with E-state index in [1.165, 1.54) is 0 Å². The molecule has 1 aromatic rings. The van der Waals surface area contributed by atoms with Gasteiger partial charge in [-0.3, -0.25) is 0 Å². The van der Waals surface area contributed by atoms with Gasteiger partial charge in [-0.1, -0.05) is 6.07 Å². The fourth-order valence-corrected chi connectivity index (χ4v) is 1.55. The molecule has 0 bridgehead atoms. The quantitative estimate of drug-likeness (QED) is 0.754. The number of ether oxygens (including phenoxy) is 2. The Hall–Kier alpha value is -1.26. The van der Waals surface area contributed by atoms with Crippen molar-refractivity contribution in [3.8, 4) is 11.5 Å². The minimum Gasteiger partial charge on any atom is -0.490 e. The Balaban J connectivity index is 2.27. The number of benzene rings is 1. The van der Waals surface area contributed by atoms with Crippen LogP contribution in [0, 0.1) is 0 Å². The topological polar surface area (TPSA) is 70.5 Å². The first-order valence-electron chi connectivity index (χ1n) is 5.16. The predicted octanol–water partition coefficient (Wildman–Crippen LogP) is 0.806. The molecular weight excluding hydrogens is 192 g/mol. The highest BCUT2D eigenvalue weighted by Crippen LogP contribution is 2.31. The van der Waals surface area contributed by atoms with Crippen molar-refractivity contribution in [2.24, 2.45) is 11.5 Å². The summed E-state index contributed by atoms with van der Waals surface area (Å²) >= 11 is 0. The van der Waals surface area contributed by atoms with Crippen LogP contribution in [0.15, 0.2) is 18.2 Å². The van der Waals surface area contributed by atoms with Crippen molar-refractivity contribution in [1.82, 2.24) is 0 Å². The normalized spacial score (nSPS) is 16.9. The summed E-state index contributed by atoms with van der Waals surface area (Å²) in [4.78, 5) is 0. The molecule has 0 amide bonds. The summed E-state index contributed by atoms with van der Waals surface area (Å²) in [6, 6.07) is 5.61. The highest BCUT2D eigenvalue weighted by atomic mass is 16.5. The molecule has 1 heterocycles. The van der Waals surface area contributed by atoms with Crippen LogP contribution in [-0.4, -0.2) is 19.8 Å². The van der Waals surface area contributed by atoms with Crippen LogP contribution in [0.3, 0.4) is 0 Å². The second-order valence-electron chi connectivity index (χ2n) is 3.60. The fraction of sp³-hybridized carbons (Fsp3) is 0.455. The zero-order valence-corrected chi connectivity index (χ0v) is 8.61. The summed E-state index contributed by atoms with van der Waals surface area (Å²) in [6.07, 6.45) is 0.910. The molecular formula is C11H16N2O2. The number of hydrogen-bond donors (Lipinski definition) is 2. The van der Waals surface area contributed by atoms with Gasteiger partial charge in [0, 0.05) is 19.0 Å². The van der Waals surface area contributed by atoms with E-state index in [0.29, 0.717) is 19.8 Å². The lowest BCUT2D eigenvalue weighted by atomic mass is 10.1. The summed E-state index contributed by atoms with van der Waals surface area (Å²) in [5.41, 5.74) is 12.3. The van der Waals surface area contributed by atoms with Gasteiger partial charge in [-0.25, -0.2) is 0 Å². The van der Waals surface area contributed by atoms with Gasteiger partial charge in [-0.05, 0) is 17.7 Å². The number of rotatable bonds is 2. The predicted molar refractivity (Wildman–Crippen MR) is 58.0 cm³/mol. The lowest BCUT2D eigenvalue weighted by Gasteiger charge is -2.12. The summed E-state index contributed by atoms with van der Waals surface area (Å²) in [6.45, 7) is 1.82. The minimum absolute atomic E-state index is 0.137. The van der Waals surface area contributed by atoms with E-state index in [2.05, 4.69) is 0 Å². The largest absolute Gasteiger partial charge is 0.490 e. The van der Waals surface area contributed by atoms with Crippen molar-refractivity contribution < 1.29 is 9.47 Å². The van der Waals surface area contributed by atoms with Crippen LogP contribution in [0.25, 0.3) is 0 Å². The van der Waals surface area contributed by atoms with E-state index in [1.807, 2.05) is 18.2 Å². The maximum Gasteiger partial charge on any atom is 0.161 e. The Labute approximate surface area is 89.2 Å². The molecule has 4 N–H and O–H groups in total. The van der Waals surface area contributed by atoms with Crippen LogP contribution in [0.1, 0.15) is 18.0 Å². The average Bonchev–Trinajstić information content (AvgIpc) is 2.51. The molecule has 1 atom stereocenters. The molecule has 0 fully saturated rings. The lowest BCUT2D eigenvalue weighted by molar-refractivity contribution is 0.297. The van der Waals surface area contributed by atoms with Gasteiger partial charge in [-0.2, -0.15) is 0 Å². The molecule has 0 radical (unpaired) electrons. The van der Waals surface area contributed by atoms with Gasteiger partial charge in [0.2, 0.25) is 0 Å². The molecule has 15 heavy (non-hydrogen) atoms. The van der Waals surface area contributed by atoms with Gasteiger partial charge in [-0.15, -0.1) is 0 Å². The monoisotopic (exact) mass is 208 g/mol. The Bertz CT molecular complexity index is 341. The van der Waals surface area contributed by atoms with E-state index in [-0.39, 0.29) is 6.04 Å². The van der Waals surface area contributed by atoms with Crippen LogP contribution in [-0.2, 0) is 0 Å². The first kappa shape index (κ1) is 10.3. The molecule has 0 saturated heterocycles. The highest BCUT2D eigenvalue weighted by Gasteiger charge is 2.12. The van der Waals surface area contributed by atoms with E-state index < -0.39 is 0 Å². The minimum atomic E-state index is -0.137. The van der Waals surface area contributed by atoms with Crippen LogP contribution in [0.2, 0.25) is 0 Å². The van der Waals surface area contributed by atoms with E-state index in [0.717, 1.165) is 23.5 Å². The Kier molecular flexibility index (Phi) is 3.08. The highest BCUT2D eigenvalue weighted by molar-refractivity contribution is 5.44. The molecule has 0 aromatic heterocycles. The van der Waals surface area contributed by atoms with Crippen LogP contribution < -0.4 is 20.9 Å². The van der Waals surface area contributed by atoms with E-state index in [1.54, 1.807) is 0 Å². The molecule has 0 aliphatic carbocycles. The van der Waals surface area contributed by atoms with Gasteiger partial charge in [0.25, 0.3) is 0 Å². The van der Waals surface area contributed by atoms with Gasteiger partial charge in [0.15, 0.2) is 11.5 Å². The smallest absolute Gasteiger partial charge is 0.161 e. The van der Waals surface area contributed by atoms with Crippen molar-refractivity contribution in [1.29, 1.82) is 0 Å². The molecule has 1 aliphatic rings. The third-order valence-electron chi connectivity index (χ3n) is 2.45. The SMILES string of the molecule is NCC(N)c1ccc2c(c1)OCCCO2. The van der Waals surface area contributed by atoms with Gasteiger partial charge in [0.1, 0.15) is 0 Å². The van der Waals surface area contributed by atoms with Crippen molar-refractivity contribution >= 4 is 0 Å². The Morgan fingerprint density at radius 2 is 1.93 bits per heavy atom. The van der Waals surface area contributed by atoms with Crippen LogP contribution >= 0.6 is 0 Å². The van der Waals surface area contributed by atoms with Gasteiger partial charge < -0.3 is 20.9 Å². The molecule has 1 aliphatic heterocycles. The van der Waals surface area contributed by atoms with E-state index in [9.17, 15) is 0 Å². The third kappa shape index (κ3) is 2.22. The number of nitrogens with two attached hydrogens (primary N) is 2. The molecule has 1 aromatic carbocycles. The van der Waals surface area contributed by atoms with E-state index >= 15 is 0 Å². The maximum absolute atomic E-state index is 5.85. The summed E-state index contributed by atoms with van der Waals surface area (Å²) in [5.74, 6) is 1.56. The second-order valence-corrected chi connectivity index (χ2v) is 3.60. The fourth-order valence-electron chi connectivity index (χ4n) is 1.55. The number of fused-ring (bicyclic) bond motifs is 1. The van der Waals surface area contributed by atoms with Crippen LogP contribution in [0.4, 0.5) is 0 Å². The summed E-state index contributed by atoms with van der Waals surface area (Å²) < 4.78 is 11.1. The van der Waals surface area contributed by atoms with Gasteiger partial charge >= 0.3 is 0 Å². The van der Waals surface area contributed by atoms with E-state index in [4.69, 9.17) is 20.9 Å². The second kappa shape index (κ2) is 4.51. The molecule has 2 rings (SSSR count).